The third-order valence-corrected chi connectivity index (χ3v) is 13.2. The van der Waals surface area contributed by atoms with Gasteiger partial charge in [-0.3, -0.25) is 4.79 Å². The molecule has 0 aliphatic carbocycles. The zero-order valence-corrected chi connectivity index (χ0v) is 48.0. The molecular formula is C65H104O14. The summed E-state index contributed by atoms with van der Waals surface area (Å²) in [6.45, 7) is 3.35. The average Bonchev–Trinajstić information content (AvgIpc) is 3.45. The Bertz CT molecular complexity index is 1810. The monoisotopic (exact) mass is 1110 g/mol. The first-order valence-corrected chi connectivity index (χ1v) is 29.8. The van der Waals surface area contributed by atoms with E-state index in [9.17, 15) is 40.5 Å². The standard InChI is InChI=1S/C65H104O14/c1-3-5-7-9-11-13-15-17-19-21-23-25-26-27-29-31-33-35-37-39-41-43-45-47-49-74-51-54(52-75-64-63(73)61(71)59(69)56(79-64)53-76-65-62(72)60(70)58(68)55(50-66)78-65)77-57(67)48-46-44-42-40-38-36-34-32-30-28-24-22-20-18-16-14-12-10-8-6-4-2/h5-8,11-14,17-20,23-25,27-29,32,34,38,40,54-56,58-66,68-73H,3-4,9-10,15-16,21-22,26,30-31,33,35-37,39,41-53H2,1-2H3/b7-5-,8-6-,13-11-,14-12-,19-17-,20-18-,25-23-,28-24-,29-27-,34-32-,40-38-. The van der Waals surface area contributed by atoms with E-state index in [0.29, 0.717) is 13.0 Å². The highest BCUT2D eigenvalue weighted by molar-refractivity contribution is 5.69. The lowest BCUT2D eigenvalue weighted by Gasteiger charge is -2.42. The summed E-state index contributed by atoms with van der Waals surface area (Å²) in [5.41, 5.74) is 0. The molecule has 14 heteroatoms. The number of ether oxygens (including phenoxy) is 6. The molecule has 0 aromatic carbocycles. The van der Waals surface area contributed by atoms with E-state index in [1.807, 2.05) is 0 Å². The van der Waals surface area contributed by atoms with Gasteiger partial charge in [0.2, 0.25) is 0 Å². The summed E-state index contributed by atoms with van der Waals surface area (Å²) in [5.74, 6) is -0.427. The lowest BCUT2D eigenvalue weighted by atomic mass is 9.98. The first-order valence-electron chi connectivity index (χ1n) is 29.8. The summed E-state index contributed by atoms with van der Waals surface area (Å²) >= 11 is 0. The van der Waals surface area contributed by atoms with Crippen LogP contribution < -0.4 is 0 Å². The zero-order chi connectivity index (χ0) is 57.2. The van der Waals surface area contributed by atoms with Gasteiger partial charge in [0, 0.05) is 13.0 Å². The maximum atomic E-state index is 13.1. The molecule has 0 aromatic heterocycles. The third kappa shape index (κ3) is 36.3. The topological polar surface area (TPSA) is 214 Å². The van der Waals surface area contributed by atoms with Crippen LogP contribution in [-0.2, 0) is 33.2 Å². The fourth-order valence-electron chi connectivity index (χ4n) is 8.43. The van der Waals surface area contributed by atoms with Gasteiger partial charge in [-0.15, -0.1) is 0 Å². The Morgan fingerprint density at radius 1 is 0.418 bits per heavy atom. The molecule has 11 atom stereocenters. The molecule has 0 spiro atoms. The van der Waals surface area contributed by atoms with Gasteiger partial charge in [0.05, 0.1) is 26.4 Å². The molecule has 2 aliphatic heterocycles. The first-order chi connectivity index (χ1) is 38.6. The predicted octanol–water partition coefficient (Wildman–Crippen LogP) is 11.1. The predicted molar refractivity (Wildman–Crippen MR) is 316 cm³/mol. The number of carbonyl (C=O) groups excluding carboxylic acids is 1. The number of aliphatic hydroxyl groups is 7. The molecule has 14 nitrogen and oxygen atoms in total. The second kappa shape index (κ2) is 49.9. The molecule has 2 rings (SSSR count). The van der Waals surface area contributed by atoms with Gasteiger partial charge in [0.1, 0.15) is 54.9 Å². The van der Waals surface area contributed by atoms with Crippen LogP contribution in [0.2, 0.25) is 0 Å². The number of allylic oxidation sites excluding steroid dienone is 22. The summed E-state index contributed by atoms with van der Waals surface area (Å²) in [6, 6.07) is 0. The molecular weight excluding hydrogens is 1000 g/mol. The molecule has 0 aromatic rings. The second-order valence-electron chi connectivity index (χ2n) is 20.1. The summed E-state index contributed by atoms with van der Waals surface area (Å²) < 4.78 is 34.3. The number of carbonyl (C=O) groups is 1. The number of aliphatic hydroxyl groups excluding tert-OH is 7. The van der Waals surface area contributed by atoms with Crippen molar-refractivity contribution in [2.75, 3.05) is 33.0 Å². The molecule has 0 saturated carbocycles. The van der Waals surface area contributed by atoms with Crippen LogP contribution in [0.4, 0.5) is 0 Å². The summed E-state index contributed by atoms with van der Waals surface area (Å²) in [6.07, 6.45) is 55.1. The van der Waals surface area contributed by atoms with E-state index in [-0.39, 0.29) is 19.6 Å². The molecule has 7 N–H and O–H groups in total. The van der Waals surface area contributed by atoms with Gasteiger partial charge in [0.25, 0.3) is 0 Å². The van der Waals surface area contributed by atoms with Crippen LogP contribution in [0.25, 0.3) is 0 Å². The van der Waals surface area contributed by atoms with Gasteiger partial charge in [-0.1, -0.05) is 186 Å². The maximum Gasteiger partial charge on any atom is 0.306 e. The van der Waals surface area contributed by atoms with Crippen LogP contribution in [0.15, 0.2) is 134 Å². The average molecular weight is 1110 g/mol. The molecule has 0 amide bonds. The highest BCUT2D eigenvalue weighted by atomic mass is 16.7. The summed E-state index contributed by atoms with van der Waals surface area (Å²) in [7, 11) is 0. The van der Waals surface area contributed by atoms with E-state index in [1.54, 1.807) is 0 Å². The SMILES string of the molecule is CC/C=C\C/C=C\C/C=C\C/C=C\C/C=C\C/C=C\CCCCC(=O)OC(COCCCCCCCCCC/C=C\C/C=C\C/C=C\C/C=C\C/C=C\CC)COC1OC(COC2OC(CO)C(O)C(O)C2O)C(O)C(O)C1O. The maximum absolute atomic E-state index is 13.1. The Labute approximate surface area is 475 Å². The Kier molecular flexibility index (Phi) is 45.0. The van der Waals surface area contributed by atoms with E-state index in [0.717, 1.165) is 116 Å². The highest BCUT2D eigenvalue weighted by Crippen LogP contribution is 2.26. The number of unbranched alkanes of at least 4 members (excludes halogenated alkanes) is 10. The molecule has 2 heterocycles. The Balaban J connectivity index is 1.74. The molecule has 0 bridgehead atoms. The van der Waals surface area contributed by atoms with E-state index in [2.05, 4.69) is 148 Å². The molecule has 2 saturated heterocycles. The van der Waals surface area contributed by atoms with Gasteiger partial charge in [-0.2, -0.15) is 0 Å². The van der Waals surface area contributed by atoms with Gasteiger partial charge in [0.15, 0.2) is 12.6 Å². The van der Waals surface area contributed by atoms with E-state index >= 15 is 0 Å². The van der Waals surface area contributed by atoms with Crippen molar-refractivity contribution in [2.45, 2.75) is 235 Å². The minimum atomic E-state index is -1.73. The van der Waals surface area contributed by atoms with Crippen molar-refractivity contribution in [3.8, 4) is 0 Å². The van der Waals surface area contributed by atoms with Crippen LogP contribution in [-0.4, -0.2) is 142 Å². The Morgan fingerprint density at radius 2 is 0.785 bits per heavy atom. The van der Waals surface area contributed by atoms with E-state index < -0.39 is 86.7 Å². The van der Waals surface area contributed by atoms with E-state index in [4.69, 9.17) is 28.4 Å². The zero-order valence-electron chi connectivity index (χ0n) is 48.0. The summed E-state index contributed by atoms with van der Waals surface area (Å²) in [4.78, 5) is 13.1. The van der Waals surface area contributed by atoms with Crippen LogP contribution >= 0.6 is 0 Å². The Morgan fingerprint density at radius 3 is 1.23 bits per heavy atom. The smallest absolute Gasteiger partial charge is 0.306 e. The largest absolute Gasteiger partial charge is 0.457 e. The fourth-order valence-corrected chi connectivity index (χ4v) is 8.43. The normalized spacial score (nSPS) is 25.0. The quantitative estimate of drug-likeness (QED) is 0.0172. The van der Waals surface area contributed by atoms with Gasteiger partial charge in [-0.25, -0.2) is 0 Å². The van der Waals surface area contributed by atoms with Crippen molar-refractivity contribution in [3.63, 3.8) is 0 Å². The lowest BCUT2D eigenvalue weighted by Crippen LogP contribution is -2.61. The second-order valence-corrected chi connectivity index (χ2v) is 20.1. The summed E-state index contributed by atoms with van der Waals surface area (Å²) in [5, 5.41) is 72.4. The molecule has 79 heavy (non-hydrogen) atoms. The highest BCUT2D eigenvalue weighted by Gasteiger charge is 2.47. The molecule has 11 unspecified atom stereocenters. The van der Waals surface area contributed by atoms with Gasteiger partial charge >= 0.3 is 5.97 Å². The fraction of sp³-hybridized carbons (Fsp3) is 0.646. The van der Waals surface area contributed by atoms with Gasteiger partial charge in [-0.05, 0) is 109 Å². The van der Waals surface area contributed by atoms with Gasteiger partial charge < -0.3 is 64.2 Å². The number of esters is 1. The number of hydrogen-bond donors (Lipinski definition) is 7. The first kappa shape index (κ1) is 71.2. The number of hydrogen-bond acceptors (Lipinski definition) is 14. The van der Waals surface area contributed by atoms with Crippen molar-refractivity contribution >= 4 is 5.97 Å². The minimum Gasteiger partial charge on any atom is -0.457 e. The van der Waals surface area contributed by atoms with E-state index in [1.165, 1.54) is 25.7 Å². The van der Waals surface area contributed by atoms with Crippen LogP contribution in [0, 0.1) is 0 Å². The van der Waals surface area contributed by atoms with Crippen LogP contribution in [0.3, 0.4) is 0 Å². The molecule has 0 radical (unpaired) electrons. The molecule has 2 aliphatic rings. The van der Waals surface area contributed by atoms with Crippen molar-refractivity contribution in [3.05, 3.63) is 134 Å². The lowest BCUT2D eigenvalue weighted by molar-refractivity contribution is -0.332. The van der Waals surface area contributed by atoms with Crippen LogP contribution in [0.5, 0.6) is 0 Å². The third-order valence-electron chi connectivity index (χ3n) is 13.2. The van der Waals surface area contributed by atoms with Crippen molar-refractivity contribution in [1.82, 2.24) is 0 Å². The Hall–Kier alpha value is -3.87. The van der Waals surface area contributed by atoms with Crippen molar-refractivity contribution in [2.24, 2.45) is 0 Å². The molecule has 448 valence electrons. The van der Waals surface area contributed by atoms with Crippen molar-refractivity contribution in [1.29, 1.82) is 0 Å². The molecule has 2 fully saturated rings. The minimum absolute atomic E-state index is 0.0276. The van der Waals surface area contributed by atoms with Crippen LogP contribution in [0.1, 0.15) is 168 Å². The van der Waals surface area contributed by atoms with Crippen molar-refractivity contribution < 1.29 is 69.0 Å². The number of rotatable bonds is 46.